The number of ether oxygens (including phenoxy) is 1. The number of nitriles is 1. The molecular formula is C25H44N5O7PSi2. The highest BCUT2D eigenvalue weighted by molar-refractivity contribution is 7.33. The Hall–Kier alpha value is -1.70. The zero-order valence-electron chi connectivity index (χ0n) is 25.2. The van der Waals surface area contributed by atoms with Gasteiger partial charge < -0.3 is 27.6 Å². The highest BCUT2D eigenvalue weighted by Gasteiger charge is 2.54. The minimum atomic E-state index is -2.86. The van der Waals surface area contributed by atoms with E-state index >= 15 is 0 Å². The minimum Gasteiger partial charge on any atom is -0.408 e. The number of fused-ring (bicyclic) bond motifs is 1. The van der Waals surface area contributed by atoms with Crippen molar-refractivity contribution in [3.05, 3.63) is 23.0 Å². The highest BCUT2D eigenvalue weighted by Crippen LogP contribution is 2.46. The van der Waals surface area contributed by atoms with Crippen LogP contribution < -0.4 is 5.56 Å². The lowest BCUT2D eigenvalue weighted by atomic mass is 10.1. The van der Waals surface area contributed by atoms with Gasteiger partial charge in [-0.25, -0.2) is 9.97 Å². The third kappa shape index (κ3) is 7.19. The van der Waals surface area contributed by atoms with E-state index in [4.69, 9.17) is 27.9 Å². The second-order valence-electron chi connectivity index (χ2n) is 13.1. The molecule has 0 radical (unpaired) electrons. The Labute approximate surface area is 238 Å². The fourth-order valence-electron chi connectivity index (χ4n) is 3.79. The van der Waals surface area contributed by atoms with Crippen LogP contribution in [0.3, 0.4) is 0 Å². The smallest absolute Gasteiger partial charge is 0.319 e. The van der Waals surface area contributed by atoms with Gasteiger partial charge in [-0.3, -0.25) is 13.9 Å². The molecule has 2 aromatic heterocycles. The number of nitrogens with zero attached hydrogens (tertiary/aromatic N) is 4. The Balaban J connectivity index is 2.07. The molecule has 0 aliphatic carbocycles. The van der Waals surface area contributed by atoms with Crippen molar-refractivity contribution in [1.82, 2.24) is 19.5 Å². The molecule has 1 aliphatic heterocycles. The zero-order valence-corrected chi connectivity index (χ0v) is 28.2. The van der Waals surface area contributed by atoms with Gasteiger partial charge in [0.25, 0.3) is 5.56 Å². The average Bonchev–Trinajstić information content (AvgIpc) is 3.38. The molecule has 1 N–H and O–H groups in total. The van der Waals surface area contributed by atoms with Gasteiger partial charge in [-0.15, -0.1) is 0 Å². The fraction of sp³-hybridized carbons (Fsp3) is 0.760. The first kappa shape index (κ1) is 32.8. The number of nitrogens with one attached hydrogen (secondary N) is 1. The van der Waals surface area contributed by atoms with Gasteiger partial charge in [0.15, 0.2) is 34.0 Å². The number of H-pyrrole nitrogens is 1. The topological polar surface area (TPSA) is 151 Å². The van der Waals surface area contributed by atoms with Crippen LogP contribution in [0.4, 0.5) is 0 Å². The molecule has 0 saturated carbocycles. The lowest BCUT2D eigenvalue weighted by Gasteiger charge is -2.44. The van der Waals surface area contributed by atoms with Crippen molar-refractivity contribution in [3.8, 4) is 6.07 Å². The Morgan fingerprint density at radius 2 is 1.65 bits per heavy atom. The SMILES string of the molecule is CC(C)(C)[Si](C)(C)OC1C(CO[PH](=O)OCCC#N)O[C@@H](n2cnc3c(=O)[nH]cnc32)C1O[Si](C)(C)C(C)(C)C. The van der Waals surface area contributed by atoms with Gasteiger partial charge >= 0.3 is 8.25 Å². The van der Waals surface area contributed by atoms with E-state index in [-0.39, 0.29) is 40.8 Å². The average molecular weight is 614 g/mol. The number of aromatic amines is 1. The second-order valence-corrected chi connectivity index (χ2v) is 23.7. The molecule has 2 aromatic rings. The van der Waals surface area contributed by atoms with Crippen molar-refractivity contribution in [3.63, 3.8) is 0 Å². The summed E-state index contributed by atoms with van der Waals surface area (Å²) >= 11 is 0. The number of hydrogen-bond acceptors (Lipinski definition) is 10. The molecule has 40 heavy (non-hydrogen) atoms. The van der Waals surface area contributed by atoms with E-state index in [1.165, 1.54) is 12.7 Å². The van der Waals surface area contributed by atoms with Crippen LogP contribution in [-0.4, -0.2) is 67.7 Å². The molecule has 3 rings (SSSR count). The molecule has 1 saturated heterocycles. The summed E-state index contributed by atoms with van der Waals surface area (Å²) in [6, 6.07) is 1.95. The maximum atomic E-state index is 12.4. The zero-order chi connectivity index (χ0) is 30.1. The lowest BCUT2D eigenvalue weighted by Crippen LogP contribution is -2.54. The summed E-state index contributed by atoms with van der Waals surface area (Å²) in [5, 5.41) is 8.52. The van der Waals surface area contributed by atoms with Crippen molar-refractivity contribution < 1.29 is 27.2 Å². The van der Waals surface area contributed by atoms with Gasteiger partial charge in [-0.2, -0.15) is 5.26 Å². The summed E-state index contributed by atoms with van der Waals surface area (Å²) in [6.45, 7) is 21.5. The summed E-state index contributed by atoms with van der Waals surface area (Å²) in [4.78, 5) is 23.6. The fourth-order valence-corrected chi connectivity index (χ4v) is 7.05. The molecule has 4 unspecified atom stereocenters. The first-order valence-corrected chi connectivity index (χ1v) is 20.5. The molecule has 1 aliphatic rings. The molecule has 0 spiro atoms. The van der Waals surface area contributed by atoms with Crippen LogP contribution in [-0.2, 0) is 27.2 Å². The molecule has 3 heterocycles. The van der Waals surface area contributed by atoms with Crippen LogP contribution in [0, 0.1) is 11.3 Å². The van der Waals surface area contributed by atoms with Crippen LogP contribution in [0.1, 0.15) is 54.2 Å². The Morgan fingerprint density at radius 3 is 2.23 bits per heavy atom. The summed E-state index contributed by atoms with van der Waals surface area (Å²) in [5.74, 6) is 0. The van der Waals surface area contributed by atoms with E-state index in [0.717, 1.165) is 0 Å². The predicted octanol–water partition coefficient (Wildman–Crippen LogP) is 5.13. The standard InChI is InChI=1S/C25H44N5O7PSi2/c1-24(2,3)39(7,8)36-19-17(14-34-38(32)33-13-11-12-26)35-23(20(19)37-40(9,10)25(4,5)6)30-16-29-18-21(30)27-15-28-22(18)31/h15-17,19-20,23,38H,11,13-14H2,1-10H3,(H,27,28,31)/t17?,19?,20?,23-/m1/s1. The van der Waals surface area contributed by atoms with E-state index in [1.807, 2.05) is 6.07 Å². The summed E-state index contributed by atoms with van der Waals surface area (Å²) in [5.41, 5.74) is 0.194. The van der Waals surface area contributed by atoms with Crippen molar-refractivity contribution in [1.29, 1.82) is 5.26 Å². The maximum Gasteiger partial charge on any atom is 0.319 e. The van der Waals surface area contributed by atoms with Crippen molar-refractivity contribution >= 4 is 36.1 Å². The van der Waals surface area contributed by atoms with Crippen molar-refractivity contribution in [2.24, 2.45) is 0 Å². The first-order chi connectivity index (χ1) is 18.4. The van der Waals surface area contributed by atoms with Crippen LogP contribution in [0.5, 0.6) is 0 Å². The van der Waals surface area contributed by atoms with Gasteiger partial charge in [-0.05, 0) is 36.3 Å². The lowest BCUT2D eigenvalue weighted by molar-refractivity contribution is -0.0460. The monoisotopic (exact) mass is 613 g/mol. The predicted molar refractivity (Wildman–Crippen MR) is 157 cm³/mol. The Kier molecular flexibility index (Phi) is 10.1. The molecule has 224 valence electrons. The molecule has 0 bridgehead atoms. The minimum absolute atomic E-state index is 0.0185. The van der Waals surface area contributed by atoms with E-state index in [0.29, 0.717) is 5.65 Å². The third-order valence-corrected chi connectivity index (χ3v) is 18.0. The summed E-state index contributed by atoms with van der Waals surface area (Å²) < 4.78 is 45.5. The van der Waals surface area contributed by atoms with E-state index < -0.39 is 49.4 Å². The summed E-state index contributed by atoms with van der Waals surface area (Å²) in [7, 11) is -7.61. The molecule has 0 aromatic carbocycles. The van der Waals surface area contributed by atoms with Crippen LogP contribution in [0.15, 0.2) is 17.4 Å². The second kappa shape index (κ2) is 12.3. The highest BCUT2D eigenvalue weighted by atomic mass is 31.1. The van der Waals surface area contributed by atoms with Gasteiger partial charge in [0, 0.05) is 0 Å². The Morgan fingerprint density at radius 1 is 1.05 bits per heavy atom. The molecular weight excluding hydrogens is 569 g/mol. The third-order valence-electron chi connectivity index (χ3n) is 8.20. The molecule has 12 nitrogen and oxygen atoms in total. The van der Waals surface area contributed by atoms with Gasteiger partial charge in [0.05, 0.1) is 38.4 Å². The quantitative estimate of drug-likeness (QED) is 0.205. The summed E-state index contributed by atoms with van der Waals surface area (Å²) in [6.07, 6.45) is 0.398. The normalized spacial score (nSPS) is 23.4. The number of aromatic nitrogens is 4. The van der Waals surface area contributed by atoms with Crippen LogP contribution in [0.2, 0.25) is 36.3 Å². The molecule has 5 atom stereocenters. The number of rotatable bonds is 11. The molecule has 15 heteroatoms. The molecule has 1 fully saturated rings. The maximum absolute atomic E-state index is 12.4. The van der Waals surface area contributed by atoms with Gasteiger partial charge in [0.1, 0.15) is 18.3 Å². The van der Waals surface area contributed by atoms with Crippen molar-refractivity contribution in [2.75, 3.05) is 13.2 Å². The van der Waals surface area contributed by atoms with E-state index in [2.05, 4.69) is 82.7 Å². The van der Waals surface area contributed by atoms with E-state index in [9.17, 15) is 9.36 Å². The first-order valence-electron chi connectivity index (χ1n) is 13.5. The van der Waals surface area contributed by atoms with Crippen LogP contribution >= 0.6 is 8.25 Å². The largest absolute Gasteiger partial charge is 0.408 e. The van der Waals surface area contributed by atoms with E-state index in [1.54, 1.807) is 4.57 Å². The van der Waals surface area contributed by atoms with Crippen molar-refractivity contribution in [2.45, 2.75) is 109 Å². The molecule has 0 amide bonds. The van der Waals surface area contributed by atoms with Crippen LogP contribution in [0.25, 0.3) is 11.2 Å². The number of imidazole rings is 1. The Bertz CT molecular complexity index is 1300. The van der Waals surface area contributed by atoms with Gasteiger partial charge in [-0.1, -0.05) is 41.5 Å². The number of hydrogen-bond donors (Lipinski definition) is 1. The van der Waals surface area contributed by atoms with Gasteiger partial charge in [0.2, 0.25) is 0 Å².